The van der Waals surface area contributed by atoms with E-state index in [0.29, 0.717) is 30.3 Å². The normalized spacial score (nSPS) is 13.7. The van der Waals surface area contributed by atoms with E-state index in [1.165, 1.54) is 0 Å². The fraction of sp³-hybridized carbons (Fsp3) is 0.562. The summed E-state index contributed by atoms with van der Waals surface area (Å²) >= 11 is 0. The largest absolute Gasteiger partial charge is 0.491 e. The average molecular weight is 292 g/mol. The molecule has 3 N–H and O–H groups in total. The second-order valence-electron chi connectivity index (χ2n) is 5.55. The van der Waals surface area contributed by atoms with Crippen molar-refractivity contribution < 1.29 is 14.9 Å². The molecule has 0 saturated carbocycles. The van der Waals surface area contributed by atoms with Gasteiger partial charge in [-0.25, -0.2) is 0 Å². The molecule has 0 aromatic heterocycles. The van der Waals surface area contributed by atoms with E-state index in [0.717, 1.165) is 6.42 Å². The van der Waals surface area contributed by atoms with Crippen LogP contribution < -0.4 is 10.1 Å². The maximum atomic E-state index is 9.80. The first-order chi connectivity index (χ1) is 10.0. The molecule has 2 unspecified atom stereocenters. The van der Waals surface area contributed by atoms with Crippen LogP contribution in [0.5, 0.6) is 5.75 Å². The van der Waals surface area contributed by atoms with Crippen LogP contribution in [0.2, 0.25) is 0 Å². The molecule has 5 heteroatoms. The molecule has 2 atom stereocenters. The molecule has 0 amide bonds. The van der Waals surface area contributed by atoms with Crippen LogP contribution in [0.1, 0.15) is 25.8 Å². The number of aliphatic hydroxyl groups is 2. The summed E-state index contributed by atoms with van der Waals surface area (Å²) in [4.78, 5) is 0. The topological polar surface area (TPSA) is 85.5 Å². The van der Waals surface area contributed by atoms with Gasteiger partial charge in [0.1, 0.15) is 18.5 Å². The first kappa shape index (κ1) is 17.4. The van der Waals surface area contributed by atoms with Crippen molar-refractivity contribution in [3.05, 3.63) is 29.8 Å². The number of nitrogens with zero attached hydrogens (tertiary/aromatic N) is 1. The Hall–Kier alpha value is -1.61. The third-order valence-corrected chi connectivity index (χ3v) is 2.91. The molecule has 0 saturated heterocycles. The highest BCUT2D eigenvalue weighted by Crippen LogP contribution is 2.12. The van der Waals surface area contributed by atoms with E-state index < -0.39 is 12.2 Å². The van der Waals surface area contributed by atoms with Gasteiger partial charge in [-0.05, 0) is 30.5 Å². The van der Waals surface area contributed by atoms with Crippen molar-refractivity contribution in [1.82, 2.24) is 5.32 Å². The number of aliphatic hydroxyl groups excluding tert-OH is 2. The summed E-state index contributed by atoms with van der Waals surface area (Å²) in [6.07, 6.45) is -0.326. The Morgan fingerprint density at radius 2 is 1.95 bits per heavy atom. The van der Waals surface area contributed by atoms with Gasteiger partial charge < -0.3 is 20.3 Å². The fourth-order valence-electron chi connectivity index (χ4n) is 1.95. The Kier molecular flexibility index (Phi) is 7.76. The zero-order chi connectivity index (χ0) is 15.7. The van der Waals surface area contributed by atoms with Crippen LogP contribution in [0, 0.1) is 17.2 Å². The highest BCUT2D eigenvalue weighted by atomic mass is 16.5. The number of nitriles is 1. The van der Waals surface area contributed by atoms with E-state index in [2.05, 4.69) is 19.2 Å². The Labute approximate surface area is 126 Å². The molecule has 0 heterocycles. The summed E-state index contributed by atoms with van der Waals surface area (Å²) in [5.74, 6) is 1.01. The molecular weight excluding hydrogens is 268 g/mol. The van der Waals surface area contributed by atoms with Gasteiger partial charge in [-0.3, -0.25) is 0 Å². The lowest BCUT2D eigenvalue weighted by Gasteiger charge is -2.16. The van der Waals surface area contributed by atoms with E-state index in [4.69, 9.17) is 10.00 Å². The Morgan fingerprint density at radius 1 is 1.24 bits per heavy atom. The molecule has 0 aliphatic heterocycles. The number of hydrogen-bond donors (Lipinski definition) is 3. The molecule has 1 rings (SSSR count). The van der Waals surface area contributed by atoms with E-state index in [1.54, 1.807) is 24.3 Å². The minimum Gasteiger partial charge on any atom is -0.491 e. The van der Waals surface area contributed by atoms with E-state index in [1.807, 2.05) is 6.07 Å². The van der Waals surface area contributed by atoms with Gasteiger partial charge in [0.05, 0.1) is 17.7 Å². The number of ether oxygens (including phenoxy) is 1. The summed E-state index contributed by atoms with van der Waals surface area (Å²) in [5, 5.41) is 31.3. The van der Waals surface area contributed by atoms with Crippen molar-refractivity contribution in [2.24, 2.45) is 5.92 Å². The lowest BCUT2D eigenvalue weighted by atomic mass is 10.1. The van der Waals surface area contributed by atoms with Gasteiger partial charge in [-0.1, -0.05) is 19.9 Å². The van der Waals surface area contributed by atoms with Gasteiger partial charge >= 0.3 is 0 Å². The molecule has 1 aromatic rings. The second kappa shape index (κ2) is 9.35. The number of nitrogens with one attached hydrogen (secondary N) is 1. The molecule has 116 valence electrons. The van der Waals surface area contributed by atoms with Crippen molar-refractivity contribution >= 4 is 0 Å². The molecule has 0 bridgehead atoms. The van der Waals surface area contributed by atoms with Crippen molar-refractivity contribution in [2.75, 3.05) is 19.7 Å². The SMILES string of the molecule is CC(C)CC(O)CNCC(O)COc1cccc(C#N)c1. The molecule has 1 aromatic carbocycles. The predicted molar refractivity (Wildman–Crippen MR) is 81.0 cm³/mol. The summed E-state index contributed by atoms with van der Waals surface area (Å²) < 4.78 is 5.43. The standard InChI is InChI=1S/C16H24N2O3/c1-12(2)6-14(19)9-18-10-15(20)11-21-16-5-3-4-13(7-16)8-17/h3-5,7,12,14-15,18-20H,6,9-11H2,1-2H3. The van der Waals surface area contributed by atoms with Crippen LogP contribution in [0.25, 0.3) is 0 Å². The number of benzene rings is 1. The molecule has 0 aliphatic rings. The first-order valence-corrected chi connectivity index (χ1v) is 7.21. The Balaban J connectivity index is 2.22. The molecule has 0 spiro atoms. The van der Waals surface area contributed by atoms with Crippen LogP contribution in [0.4, 0.5) is 0 Å². The van der Waals surface area contributed by atoms with Crippen LogP contribution >= 0.6 is 0 Å². The molecule has 5 nitrogen and oxygen atoms in total. The summed E-state index contributed by atoms with van der Waals surface area (Å²) in [7, 11) is 0. The Bertz CT molecular complexity index is 457. The molecule has 0 aliphatic carbocycles. The lowest BCUT2D eigenvalue weighted by molar-refractivity contribution is 0.0966. The fourth-order valence-corrected chi connectivity index (χ4v) is 1.95. The lowest BCUT2D eigenvalue weighted by Crippen LogP contribution is -2.36. The van der Waals surface area contributed by atoms with Gasteiger partial charge in [-0.15, -0.1) is 0 Å². The molecule has 0 radical (unpaired) electrons. The maximum Gasteiger partial charge on any atom is 0.120 e. The minimum atomic E-state index is -0.665. The zero-order valence-electron chi connectivity index (χ0n) is 12.6. The predicted octanol–water partition coefficient (Wildman–Crippen LogP) is 1.29. The summed E-state index contributed by atoms with van der Waals surface area (Å²) in [6, 6.07) is 8.84. The highest BCUT2D eigenvalue weighted by Gasteiger charge is 2.09. The zero-order valence-corrected chi connectivity index (χ0v) is 12.6. The van der Waals surface area contributed by atoms with Crippen LogP contribution in [-0.4, -0.2) is 42.1 Å². The van der Waals surface area contributed by atoms with Crippen LogP contribution in [0.3, 0.4) is 0 Å². The smallest absolute Gasteiger partial charge is 0.120 e. The van der Waals surface area contributed by atoms with E-state index >= 15 is 0 Å². The molecular formula is C16H24N2O3. The van der Waals surface area contributed by atoms with Gasteiger partial charge in [0, 0.05) is 13.1 Å². The monoisotopic (exact) mass is 292 g/mol. The first-order valence-electron chi connectivity index (χ1n) is 7.21. The summed E-state index contributed by atoms with van der Waals surface area (Å²) in [6.45, 7) is 5.07. The van der Waals surface area contributed by atoms with Crippen molar-refractivity contribution in [2.45, 2.75) is 32.5 Å². The molecule has 0 fully saturated rings. The van der Waals surface area contributed by atoms with Gasteiger partial charge in [-0.2, -0.15) is 5.26 Å². The highest BCUT2D eigenvalue weighted by molar-refractivity contribution is 5.36. The summed E-state index contributed by atoms with van der Waals surface area (Å²) in [5.41, 5.74) is 0.525. The van der Waals surface area contributed by atoms with E-state index in [9.17, 15) is 10.2 Å². The van der Waals surface area contributed by atoms with Gasteiger partial charge in [0.15, 0.2) is 0 Å². The van der Waals surface area contributed by atoms with Crippen LogP contribution in [0.15, 0.2) is 24.3 Å². The third-order valence-electron chi connectivity index (χ3n) is 2.91. The maximum absolute atomic E-state index is 9.80. The quantitative estimate of drug-likeness (QED) is 0.638. The van der Waals surface area contributed by atoms with E-state index in [-0.39, 0.29) is 6.61 Å². The number of rotatable bonds is 9. The van der Waals surface area contributed by atoms with Crippen molar-refractivity contribution in [3.8, 4) is 11.8 Å². The van der Waals surface area contributed by atoms with Crippen LogP contribution in [-0.2, 0) is 0 Å². The third kappa shape index (κ3) is 7.66. The molecule has 21 heavy (non-hydrogen) atoms. The van der Waals surface area contributed by atoms with Gasteiger partial charge in [0.2, 0.25) is 0 Å². The number of hydrogen-bond acceptors (Lipinski definition) is 5. The average Bonchev–Trinajstić information content (AvgIpc) is 2.44. The second-order valence-corrected chi connectivity index (χ2v) is 5.55. The van der Waals surface area contributed by atoms with Crippen molar-refractivity contribution in [3.63, 3.8) is 0 Å². The van der Waals surface area contributed by atoms with Gasteiger partial charge in [0.25, 0.3) is 0 Å². The minimum absolute atomic E-state index is 0.141. The van der Waals surface area contributed by atoms with Crippen molar-refractivity contribution in [1.29, 1.82) is 5.26 Å². The Morgan fingerprint density at radius 3 is 2.62 bits per heavy atom.